The first kappa shape index (κ1) is 18.0. The van der Waals surface area contributed by atoms with Crippen molar-refractivity contribution in [1.29, 1.82) is 0 Å². The third kappa shape index (κ3) is 3.87. The molecule has 0 fully saturated rings. The maximum atomic E-state index is 12.7. The molecule has 0 spiro atoms. The van der Waals surface area contributed by atoms with Crippen molar-refractivity contribution in [2.75, 3.05) is 25.5 Å². The second-order valence-electron chi connectivity index (χ2n) is 6.86. The number of carbonyl (C=O) groups excluding carboxylic acids is 2. The van der Waals surface area contributed by atoms with E-state index in [9.17, 15) is 9.59 Å². The maximum absolute atomic E-state index is 12.7. The number of anilines is 1. The quantitative estimate of drug-likeness (QED) is 0.918. The van der Waals surface area contributed by atoms with E-state index < -0.39 is 0 Å². The highest BCUT2D eigenvalue weighted by Crippen LogP contribution is 2.29. The third-order valence-corrected chi connectivity index (χ3v) is 4.94. The molecular weight excluding hydrogens is 326 g/mol. The Bertz CT molecular complexity index is 801. The van der Waals surface area contributed by atoms with E-state index in [0.717, 1.165) is 17.7 Å². The zero-order valence-electron chi connectivity index (χ0n) is 15.5. The van der Waals surface area contributed by atoms with Crippen molar-refractivity contribution < 1.29 is 9.59 Å². The molecule has 5 nitrogen and oxygen atoms in total. The van der Waals surface area contributed by atoms with Crippen LogP contribution in [0.25, 0.3) is 0 Å². The van der Waals surface area contributed by atoms with Gasteiger partial charge in [-0.05, 0) is 43.5 Å². The van der Waals surface area contributed by atoms with Gasteiger partial charge in [0.05, 0.1) is 6.04 Å². The highest BCUT2D eigenvalue weighted by atomic mass is 16.2. The first-order valence-electron chi connectivity index (χ1n) is 8.92. The Labute approximate surface area is 154 Å². The highest BCUT2D eigenvalue weighted by molar-refractivity contribution is 5.92. The zero-order valence-corrected chi connectivity index (χ0v) is 15.5. The van der Waals surface area contributed by atoms with Crippen LogP contribution in [0.2, 0.25) is 0 Å². The minimum Gasteiger partial charge on any atom is -0.334 e. The molecule has 26 heavy (non-hydrogen) atoms. The number of amides is 3. The van der Waals surface area contributed by atoms with Crippen LogP contribution in [0.1, 0.15) is 29.7 Å². The average Bonchev–Trinajstić information content (AvgIpc) is 2.64. The van der Waals surface area contributed by atoms with Gasteiger partial charge in [-0.3, -0.25) is 4.79 Å². The van der Waals surface area contributed by atoms with Crippen LogP contribution in [0.4, 0.5) is 10.5 Å². The van der Waals surface area contributed by atoms with Crippen LogP contribution in [0, 0.1) is 6.92 Å². The van der Waals surface area contributed by atoms with Crippen LogP contribution < -0.4 is 5.32 Å². The lowest BCUT2D eigenvalue weighted by atomic mass is 9.93. The van der Waals surface area contributed by atoms with E-state index in [1.807, 2.05) is 55.1 Å². The Kier molecular flexibility index (Phi) is 5.26. The van der Waals surface area contributed by atoms with E-state index in [0.29, 0.717) is 6.54 Å². The standard InChI is InChI=1S/C21H25N3O2/c1-15-8-10-18(11-9-15)22-21(26)23(3)14-20(25)24-13-12-17-6-4-5-7-19(17)16(24)2/h4-11,16H,12-14H2,1-3H3,(H,22,26). The van der Waals surface area contributed by atoms with Gasteiger partial charge in [-0.1, -0.05) is 42.0 Å². The van der Waals surface area contributed by atoms with Crippen LogP contribution in [0.3, 0.4) is 0 Å². The van der Waals surface area contributed by atoms with Crippen molar-refractivity contribution >= 4 is 17.6 Å². The smallest absolute Gasteiger partial charge is 0.322 e. The minimum absolute atomic E-state index is 0.0287. The SMILES string of the molecule is Cc1ccc(NC(=O)N(C)CC(=O)N2CCc3ccccc3C2C)cc1. The van der Waals surface area contributed by atoms with Gasteiger partial charge in [-0.2, -0.15) is 0 Å². The summed E-state index contributed by atoms with van der Waals surface area (Å²) < 4.78 is 0. The Morgan fingerprint density at radius 1 is 1.15 bits per heavy atom. The van der Waals surface area contributed by atoms with Crippen LogP contribution in [-0.2, 0) is 11.2 Å². The molecule has 0 bridgehead atoms. The second-order valence-corrected chi connectivity index (χ2v) is 6.86. The number of fused-ring (bicyclic) bond motifs is 1. The first-order valence-corrected chi connectivity index (χ1v) is 8.92. The number of rotatable bonds is 3. The fourth-order valence-corrected chi connectivity index (χ4v) is 3.33. The van der Waals surface area contributed by atoms with Crippen LogP contribution >= 0.6 is 0 Å². The molecule has 3 rings (SSSR count). The largest absolute Gasteiger partial charge is 0.334 e. The summed E-state index contributed by atoms with van der Waals surface area (Å²) in [6, 6.07) is 15.6. The Balaban J connectivity index is 1.60. The number of likely N-dealkylation sites (N-methyl/N-ethyl adjacent to an activating group) is 1. The van der Waals surface area contributed by atoms with Gasteiger partial charge in [-0.15, -0.1) is 0 Å². The summed E-state index contributed by atoms with van der Waals surface area (Å²) in [6.07, 6.45) is 0.853. The van der Waals surface area contributed by atoms with Crippen molar-refractivity contribution in [1.82, 2.24) is 9.80 Å². The highest BCUT2D eigenvalue weighted by Gasteiger charge is 2.28. The van der Waals surface area contributed by atoms with Crippen LogP contribution in [0.5, 0.6) is 0 Å². The Morgan fingerprint density at radius 2 is 1.85 bits per heavy atom. The van der Waals surface area contributed by atoms with Crippen molar-refractivity contribution in [2.45, 2.75) is 26.3 Å². The molecule has 5 heteroatoms. The summed E-state index contributed by atoms with van der Waals surface area (Å²) in [5.41, 5.74) is 4.35. The van der Waals surface area contributed by atoms with Crippen molar-refractivity contribution in [3.05, 3.63) is 65.2 Å². The molecule has 1 aliphatic heterocycles. The van der Waals surface area contributed by atoms with Gasteiger partial charge in [0, 0.05) is 19.3 Å². The predicted molar refractivity (Wildman–Crippen MR) is 103 cm³/mol. The van der Waals surface area contributed by atoms with Crippen molar-refractivity contribution in [2.24, 2.45) is 0 Å². The molecule has 0 radical (unpaired) electrons. The molecule has 1 heterocycles. The van der Waals surface area contributed by atoms with Crippen molar-refractivity contribution in [3.63, 3.8) is 0 Å². The number of urea groups is 1. The van der Waals surface area contributed by atoms with Gasteiger partial charge in [0.1, 0.15) is 6.54 Å². The molecule has 136 valence electrons. The lowest BCUT2D eigenvalue weighted by Crippen LogP contribution is -2.45. The minimum atomic E-state index is -0.285. The number of benzene rings is 2. The Hall–Kier alpha value is -2.82. The topological polar surface area (TPSA) is 52.7 Å². The first-order chi connectivity index (χ1) is 12.5. The average molecular weight is 351 g/mol. The predicted octanol–water partition coefficient (Wildman–Crippen LogP) is 3.60. The molecule has 1 aliphatic rings. The lowest BCUT2D eigenvalue weighted by Gasteiger charge is -2.36. The molecule has 0 aromatic heterocycles. The van der Waals surface area contributed by atoms with Gasteiger partial charge in [0.2, 0.25) is 5.91 Å². The summed E-state index contributed by atoms with van der Waals surface area (Å²) >= 11 is 0. The van der Waals surface area contributed by atoms with E-state index in [2.05, 4.69) is 17.4 Å². The summed E-state index contributed by atoms with van der Waals surface area (Å²) in [6.45, 7) is 4.78. The molecule has 1 atom stereocenters. The van der Waals surface area contributed by atoms with E-state index in [4.69, 9.17) is 0 Å². The van der Waals surface area contributed by atoms with E-state index >= 15 is 0 Å². The number of hydrogen-bond donors (Lipinski definition) is 1. The summed E-state index contributed by atoms with van der Waals surface area (Å²) in [5, 5.41) is 2.82. The number of carbonyl (C=O) groups is 2. The molecule has 0 saturated heterocycles. The molecule has 1 unspecified atom stereocenters. The van der Waals surface area contributed by atoms with Gasteiger partial charge < -0.3 is 15.1 Å². The van der Waals surface area contributed by atoms with Gasteiger partial charge in [0.15, 0.2) is 0 Å². The van der Waals surface area contributed by atoms with E-state index in [1.165, 1.54) is 16.0 Å². The van der Waals surface area contributed by atoms with Crippen molar-refractivity contribution in [3.8, 4) is 0 Å². The normalized spacial score (nSPS) is 16.0. The molecule has 1 N–H and O–H groups in total. The third-order valence-electron chi connectivity index (χ3n) is 4.94. The van der Waals surface area contributed by atoms with Gasteiger partial charge in [0.25, 0.3) is 0 Å². The molecule has 0 saturated carbocycles. The number of nitrogens with one attached hydrogen (secondary N) is 1. The van der Waals surface area contributed by atoms with E-state index in [-0.39, 0.29) is 24.5 Å². The maximum Gasteiger partial charge on any atom is 0.322 e. The van der Waals surface area contributed by atoms with Gasteiger partial charge >= 0.3 is 6.03 Å². The lowest BCUT2D eigenvalue weighted by molar-refractivity contribution is -0.134. The van der Waals surface area contributed by atoms with Crippen LogP contribution in [0.15, 0.2) is 48.5 Å². The molecule has 2 aromatic rings. The molecule has 2 aromatic carbocycles. The van der Waals surface area contributed by atoms with Crippen LogP contribution in [-0.4, -0.2) is 41.9 Å². The monoisotopic (exact) mass is 351 g/mol. The summed E-state index contributed by atoms with van der Waals surface area (Å²) in [5.74, 6) is -0.0337. The fraction of sp³-hybridized carbons (Fsp3) is 0.333. The fourth-order valence-electron chi connectivity index (χ4n) is 3.33. The second kappa shape index (κ2) is 7.60. The molecule has 3 amide bonds. The number of nitrogens with zero attached hydrogens (tertiary/aromatic N) is 2. The number of aryl methyl sites for hydroxylation is 1. The van der Waals surface area contributed by atoms with Gasteiger partial charge in [-0.25, -0.2) is 4.79 Å². The molecule has 0 aliphatic carbocycles. The summed E-state index contributed by atoms with van der Waals surface area (Å²) in [7, 11) is 1.64. The Morgan fingerprint density at radius 3 is 2.58 bits per heavy atom. The molecular formula is C21H25N3O2. The zero-order chi connectivity index (χ0) is 18.7. The van der Waals surface area contributed by atoms with E-state index in [1.54, 1.807) is 7.05 Å². The number of hydrogen-bond acceptors (Lipinski definition) is 2. The summed E-state index contributed by atoms with van der Waals surface area (Å²) in [4.78, 5) is 28.4.